The number of hydrogen-bond donors (Lipinski definition) is 1. The SMILES string of the molecule is CC(C)(O)C(=O)N1CC[N+](C)([O-])CC1. The molecule has 1 rings (SSSR count). The minimum Gasteiger partial charge on any atom is -0.633 e. The summed E-state index contributed by atoms with van der Waals surface area (Å²) in [6.45, 7) is 4.61. The van der Waals surface area contributed by atoms with Crippen molar-refractivity contribution < 1.29 is 14.5 Å². The summed E-state index contributed by atoms with van der Waals surface area (Å²) >= 11 is 0. The number of aliphatic hydroxyl groups is 1. The zero-order valence-electron chi connectivity index (χ0n) is 8.99. The fraction of sp³-hybridized carbons (Fsp3) is 0.889. The lowest BCUT2D eigenvalue weighted by Crippen LogP contribution is -2.58. The smallest absolute Gasteiger partial charge is 0.254 e. The van der Waals surface area contributed by atoms with E-state index < -0.39 is 5.60 Å². The van der Waals surface area contributed by atoms with Crippen LogP contribution in [-0.2, 0) is 4.79 Å². The maximum absolute atomic E-state index is 11.6. The topological polar surface area (TPSA) is 63.6 Å². The standard InChI is InChI=1S/C9H18N2O3/c1-9(2,13)8(12)10-4-6-11(3,14)7-5-10/h13H,4-7H2,1-3H3. The van der Waals surface area contributed by atoms with Crippen molar-refractivity contribution in [3.63, 3.8) is 0 Å². The summed E-state index contributed by atoms with van der Waals surface area (Å²) in [4.78, 5) is 13.2. The first-order valence-corrected chi connectivity index (χ1v) is 4.80. The highest BCUT2D eigenvalue weighted by atomic mass is 16.5. The van der Waals surface area contributed by atoms with Crippen molar-refractivity contribution in [2.75, 3.05) is 33.2 Å². The van der Waals surface area contributed by atoms with Gasteiger partial charge in [-0.1, -0.05) is 0 Å². The summed E-state index contributed by atoms with van der Waals surface area (Å²) in [5, 5.41) is 21.0. The summed E-state index contributed by atoms with van der Waals surface area (Å²) in [6, 6.07) is 0. The third-order valence-electron chi connectivity index (χ3n) is 2.50. The predicted octanol–water partition coefficient (Wildman–Crippen LogP) is -0.456. The van der Waals surface area contributed by atoms with E-state index in [1.807, 2.05) is 0 Å². The molecule has 14 heavy (non-hydrogen) atoms. The number of nitrogens with zero attached hydrogens (tertiary/aromatic N) is 2. The molecule has 5 nitrogen and oxygen atoms in total. The largest absolute Gasteiger partial charge is 0.633 e. The highest BCUT2D eigenvalue weighted by Gasteiger charge is 2.33. The number of likely N-dealkylation sites (N-methyl/N-ethyl adjacent to an activating group) is 1. The molecule has 0 spiro atoms. The molecule has 0 atom stereocenters. The molecule has 0 unspecified atom stereocenters. The molecule has 1 heterocycles. The Balaban J connectivity index is 2.55. The Morgan fingerprint density at radius 2 is 1.86 bits per heavy atom. The van der Waals surface area contributed by atoms with Crippen LogP contribution in [0.1, 0.15) is 13.8 Å². The molecule has 0 saturated carbocycles. The van der Waals surface area contributed by atoms with E-state index in [-0.39, 0.29) is 10.6 Å². The first-order chi connectivity index (χ1) is 6.22. The van der Waals surface area contributed by atoms with Crippen LogP contribution in [0.15, 0.2) is 0 Å². The number of hydroxylamine groups is 3. The van der Waals surface area contributed by atoms with Gasteiger partial charge < -0.3 is 19.9 Å². The van der Waals surface area contributed by atoms with E-state index in [1.54, 1.807) is 11.9 Å². The molecule has 0 aromatic heterocycles. The van der Waals surface area contributed by atoms with Gasteiger partial charge in [-0.15, -0.1) is 0 Å². The normalized spacial score (nSPS) is 22.2. The average Bonchev–Trinajstić information content (AvgIpc) is 2.01. The van der Waals surface area contributed by atoms with E-state index in [0.717, 1.165) is 0 Å². The summed E-state index contributed by atoms with van der Waals surface area (Å²) < 4.78 is -0.296. The minimum absolute atomic E-state index is 0.294. The van der Waals surface area contributed by atoms with Crippen molar-refractivity contribution in [3.8, 4) is 0 Å². The van der Waals surface area contributed by atoms with Gasteiger partial charge in [0.2, 0.25) is 0 Å². The van der Waals surface area contributed by atoms with E-state index in [9.17, 15) is 15.1 Å². The molecule has 1 aliphatic rings. The third kappa shape index (κ3) is 2.67. The van der Waals surface area contributed by atoms with Gasteiger partial charge in [0, 0.05) is 0 Å². The number of quaternary nitrogens is 1. The zero-order chi connectivity index (χ0) is 11.0. The number of amides is 1. The minimum atomic E-state index is -1.33. The van der Waals surface area contributed by atoms with E-state index in [2.05, 4.69) is 0 Å². The molecule has 0 aliphatic carbocycles. The number of rotatable bonds is 1. The van der Waals surface area contributed by atoms with Crippen molar-refractivity contribution >= 4 is 5.91 Å². The van der Waals surface area contributed by atoms with Crippen LogP contribution in [0, 0.1) is 5.21 Å². The van der Waals surface area contributed by atoms with Gasteiger partial charge in [0.15, 0.2) is 0 Å². The van der Waals surface area contributed by atoms with E-state index >= 15 is 0 Å². The highest BCUT2D eigenvalue weighted by molar-refractivity contribution is 5.84. The monoisotopic (exact) mass is 202 g/mol. The molecule has 1 aliphatic heterocycles. The molecule has 1 N–H and O–H groups in total. The highest BCUT2D eigenvalue weighted by Crippen LogP contribution is 2.13. The fourth-order valence-electron chi connectivity index (χ4n) is 1.48. The zero-order valence-corrected chi connectivity index (χ0v) is 8.99. The van der Waals surface area contributed by atoms with Gasteiger partial charge in [-0.25, -0.2) is 0 Å². The quantitative estimate of drug-likeness (QED) is 0.462. The first kappa shape index (κ1) is 11.4. The first-order valence-electron chi connectivity index (χ1n) is 4.80. The molecule has 82 valence electrons. The Labute approximate surface area is 84.1 Å². The van der Waals surface area contributed by atoms with Crippen LogP contribution in [0.4, 0.5) is 0 Å². The van der Waals surface area contributed by atoms with Gasteiger partial charge >= 0.3 is 0 Å². The predicted molar refractivity (Wildman–Crippen MR) is 52.2 cm³/mol. The van der Waals surface area contributed by atoms with Gasteiger partial charge in [-0.2, -0.15) is 0 Å². The van der Waals surface area contributed by atoms with Crippen molar-refractivity contribution in [1.82, 2.24) is 4.90 Å². The van der Waals surface area contributed by atoms with Crippen LogP contribution in [0.25, 0.3) is 0 Å². The molecule has 0 radical (unpaired) electrons. The summed E-state index contributed by atoms with van der Waals surface area (Å²) in [6.07, 6.45) is 0. The van der Waals surface area contributed by atoms with Gasteiger partial charge in [-0.3, -0.25) is 4.79 Å². The van der Waals surface area contributed by atoms with Crippen molar-refractivity contribution in [1.29, 1.82) is 0 Å². The van der Waals surface area contributed by atoms with Crippen molar-refractivity contribution in [2.45, 2.75) is 19.4 Å². The Morgan fingerprint density at radius 1 is 1.43 bits per heavy atom. The van der Waals surface area contributed by atoms with E-state index in [1.165, 1.54) is 13.8 Å². The van der Waals surface area contributed by atoms with Gasteiger partial charge in [0.25, 0.3) is 5.91 Å². The lowest BCUT2D eigenvalue weighted by Gasteiger charge is -2.45. The van der Waals surface area contributed by atoms with Crippen LogP contribution < -0.4 is 0 Å². The maximum Gasteiger partial charge on any atom is 0.254 e. The molecule has 1 amide bonds. The average molecular weight is 202 g/mol. The molecule has 5 heteroatoms. The molecular weight excluding hydrogens is 184 g/mol. The van der Waals surface area contributed by atoms with Crippen molar-refractivity contribution in [2.24, 2.45) is 0 Å². The Kier molecular flexibility index (Phi) is 2.85. The van der Waals surface area contributed by atoms with Crippen LogP contribution in [0.2, 0.25) is 0 Å². The molecular formula is C9H18N2O3. The van der Waals surface area contributed by atoms with Crippen LogP contribution >= 0.6 is 0 Å². The molecule has 0 aromatic rings. The number of piperazine rings is 1. The summed E-state index contributed by atoms with van der Waals surface area (Å²) in [7, 11) is 1.60. The van der Waals surface area contributed by atoms with Gasteiger partial charge in [-0.05, 0) is 13.8 Å². The Bertz CT molecular complexity index is 223. The van der Waals surface area contributed by atoms with Crippen molar-refractivity contribution in [3.05, 3.63) is 5.21 Å². The molecule has 1 saturated heterocycles. The third-order valence-corrected chi connectivity index (χ3v) is 2.50. The molecule has 0 aromatic carbocycles. The second-order valence-electron chi connectivity index (χ2n) is 4.60. The maximum atomic E-state index is 11.6. The summed E-state index contributed by atoms with van der Waals surface area (Å²) in [5.41, 5.74) is -1.33. The lowest BCUT2D eigenvalue weighted by atomic mass is 10.1. The van der Waals surface area contributed by atoms with Gasteiger partial charge in [0.1, 0.15) is 5.60 Å². The van der Waals surface area contributed by atoms with Crippen LogP contribution in [-0.4, -0.2) is 59.4 Å². The Hall–Kier alpha value is -0.650. The number of carbonyl (C=O) groups is 1. The second-order valence-corrected chi connectivity index (χ2v) is 4.60. The van der Waals surface area contributed by atoms with E-state index in [4.69, 9.17) is 0 Å². The number of hydrogen-bond acceptors (Lipinski definition) is 3. The lowest BCUT2D eigenvalue weighted by molar-refractivity contribution is -0.864. The fourth-order valence-corrected chi connectivity index (χ4v) is 1.48. The summed E-state index contributed by atoms with van der Waals surface area (Å²) in [5.74, 6) is -0.294. The molecule has 1 fully saturated rings. The van der Waals surface area contributed by atoms with E-state index in [0.29, 0.717) is 26.2 Å². The Morgan fingerprint density at radius 3 is 2.21 bits per heavy atom. The van der Waals surface area contributed by atoms with Gasteiger partial charge in [0.05, 0.1) is 33.2 Å². The number of carbonyl (C=O) groups excluding carboxylic acids is 1. The van der Waals surface area contributed by atoms with Crippen LogP contribution in [0.3, 0.4) is 0 Å². The second kappa shape index (κ2) is 3.49. The molecule has 0 bridgehead atoms. The van der Waals surface area contributed by atoms with Crippen LogP contribution in [0.5, 0.6) is 0 Å².